The van der Waals surface area contributed by atoms with E-state index in [1.165, 1.54) is 37.8 Å². The lowest BCUT2D eigenvalue weighted by Gasteiger charge is -2.43. The maximum absolute atomic E-state index is 4.58. The molecule has 0 saturated heterocycles. The van der Waals surface area contributed by atoms with E-state index in [0.29, 0.717) is 17.3 Å². The van der Waals surface area contributed by atoms with Crippen molar-refractivity contribution in [3.63, 3.8) is 0 Å². The van der Waals surface area contributed by atoms with E-state index in [0.717, 1.165) is 24.7 Å². The van der Waals surface area contributed by atoms with Crippen LogP contribution in [0.2, 0.25) is 0 Å². The normalized spacial score (nSPS) is 18.8. The molecule has 0 unspecified atom stereocenters. The number of rotatable bonds is 8. The van der Waals surface area contributed by atoms with Crippen molar-refractivity contribution < 1.29 is 0 Å². The topological polar surface area (TPSA) is 81.8 Å². The minimum atomic E-state index is 0.359. The van der Waals surface area contributed by atoms with Crippen molar-refractivity contribution >= 4 is 17.6 Å². The summed E-state index contributed by atoms with van der Waals surface area (Å²) in [4.78, 5) is 11.2. The van der Waals surface area contributed by atoms with Crippen LogP contribution in [0, 0.1) is 5.41 Å². The van der Waals surface area contributed by atoms with E-state index in [9.17, 15) is 0 Å². The van der Waals surface area contributed by atoms with Crippen LogP contribution in [0.3, 0.4) is 0 Å². The zero-order chi connectivity index (χ0) is 17.3. The van der Waals surface area contributed by atoms with Crippen LogP contribution in [0.15, 0.2) is 18.3 Å². The Morgan fingerprint density at radius 3 is 2.80 bits per heavy atom. The van der Waals surface area contributed by atoms with Gasteiger partial charge >= 0.3 is 0 Å². The number of aromatic amines is 1. The molecule has 7 heteroatoms. The number of anilines is 3. The van der Waals surface area contributed by atoms with Crippen LogP contribution in [-0.4, -0.2) is 52.3 Å². The Balaban J connectivity index is 1.37. The van der Waals surface area contributed by atoms with Crippen molar-refractivity contribution in [1.29, 1.82) is 0 Å². The third-order valence-electron chi connectivity index (χ3n) is 5.21. The second kappa shape index (κ2) is 6.63. The smallest absolute Gasteiger partial charge is 0.224 e. The number of aromatic nitrogens is 4. The van der Waals surface area contributed by atoms with Gasteiger partial charge in [0.05, 0.1) is 0 Å². The predicted molar refractivity (Wildman–Crippen MR) is 99.2 cm³/mol. The highest BCUT2D eigenvalue weighted by Crippen LogP contribution is 2.41. The van der Waals surface area contributed by atoms with Crippen LogP contribution in [-0.2, 0) is 0 Å². The fraction of sp³-hybridized carbons (Fsp3) is 0.611. The third kappa shape index (κ3) is 3.92. The minimum Gasteiger partial charge on any atom is -0.354 e. The Labute approximate surface area is 148 Å². The molecule has 25 heavy (non-hydrogen) atoms. The Morgan fingerprint density at radius 2 is 2.12 bits per heavy atom. The monoisotopic (exact) mass is 341 g/mol. The summed E-state index contributed by atoms with van der Waals surface area (Å²) < 4.78 is 0. The van der Waals surface area contributed by atoms with Gasteiger partial charge in [0.1, 0.15) is 5.82 Å². The summed E-state index contributed by atoms with van der Waals surface area (Å²) in [6.45, 7) is 2.03. The minimum absolute atomic E-state index is 0.359. The van der Waals surface area contributed by atoms with Crippen molar-refractivity contribution in [2.75, 3.05) is 37.8 Å². The van der Waals surface area contributed by atoms with Gasteiger partial charge in [-0.15, -0.1) is 0 Å². The lowest BCUT2D eigenvalue weighted by Crippen LogP contribution is -2.44. The molecule has 2 aliphatic carbocycles. The highest BCUT2D eigenvalue weighted by atomic mass is 15.2. The van der Waals surface area contributed by atoms with Gasteiger partial charge in [0.2, 0.25) is 5.95 Å². The standard InChI is InChI=1S/C18H27N7/c1-25(2)12-18(7-3-8-18)11-20-17-19-9-6-15(22-17)21-16-10-14(23-24-16)13-4-5-13/h6,9-10,13H,3-5,7-8,11-12H2,1-2H3,(H3,19,20,21,22,23,24). The molecule has 134 valence electrons. The van der Waals surface area contributed by atoms with Crippen LogP contribution < -0.4 is 10.6 Å². The highest BCUT2D eigenvalue weighted by Gasteiger charge is 2.37. The Kier molecular flexibility index (Phi) is 4.33. The van der Waals surface area contributed by atoms with Gasteiger partial charge in [0.15, 0.2) is 5.82 Å². The maximum Gasteiger partial charge on any atom is 0.224 e. The van der Waals surface area contributed by atoms with E-state index >= 15 is 0 Å². The quantitative estimate of drug-likeness (QED) is 0.685. The van der Waals surface area contributed by atoms with Crippen molar-refractivity contribution in [1.82, 2.24) is 25.1 Å². The first-order chi connectivity index (χ1) is 12.1. The summed E-state index contributed by atoms with van der Waals surface area (Å²) in [6.07, 6.45) is 8.17. The van der Waals surface area contributed by atoms with Crippen molar-refractivity contribution in [2.45, 2.75) is 38.0 Å². The van der Waals surface area contributed by atoms with Crippen LogP contribution >= 0.6 is 0 Å². The average Bonchev–Trinajstić information content (AvgIpc) is 3.30. The molecule has 2 aromatic rings. The van der Waals surface area contributed by atoms with Crippen molar-refractivity contribution in [3.05, 3.63) is 24.0 Å². The molecule has 3 N–H and O–H groups in total. The zero-order valence-electron chi connectivity index (χ0n) is 15.0. The summed E-state index contributed by atoms with van der Waals surface area (Å²) in [5, 5.41) is 14.1. The fourth-order valence-corrected chi connectivity index (χ4v) is 3.65. The summed E-state index contributed by atoms with van der Waals surface area (Å²) in [6, 6.07) is 3.95. The second-order valence-electron chi connectivity index (χ2n) is 7.82. The Hall–Kier alpha value is -2.15. The van der Waals surface area contributed by atoms with E-state index in [4.69, 9.17) is 0 Å². The van der Waals surface area contributed by atoms with Gasteiger partial charge in [0.25, 0.3) is 0 Å². The van der Waals surface area contributed by atoms with Crippen molar-refractivity contribution in [3.8, 4) is 0 Å². The first kappa shape index (κ1) is 16.3. The van der Waals surface area contributed by atoms with E-state index in [1.807, 2.05) is 6.07 Å². The third-order valence-corrected chi connectivity index (χ3v) is 5.21. The number of nitrogens with zero attached hydrogens (tertiary/aromatic N) is 4. The van der Waals surface area contributed by atoms with Gasteiger partial charge in [-0.1, -0.05) is 6.42 Å². The molecule has 2 aliphatic rings. The highest BCUT2D eigenvalue weighted by molar-refractivity contribution is 5.53. The SMILES string of the molecule is CN(C)CC1(CNc2nccc(Nc3cc(C4CC4)[nH]n3)n2)CCC1. The lowest BCUT2D eigenvalue weighted by atomic mass is 9.68. The van der Waals surface area contributed by atoms with Gasteiger partial charge in [-0.2, -0.15) is 10.1 Å². The molecule has 4 rings (SSSR count). The number of nitrogens with one attached hydrogen (secondary N) is 3. The largest absolute Gasteiger partial charge is 0.354 e. The second-order valence-corrected chi connectivity index (χ2v) is 7.82. The van der Waals surface area contributed by atoms with Crippen LogP contribution in [0.25, 0.3) is 0 Å². The molecule has 0 aromatic carbocycles. The van der Waals surface area contributed by atoms with E-state index in [-0.39, 0.29) is 0 Å². The Bertz CT molecular complexity index is 716. The zero-order valence-corrected chi connectivity index (χ0v) is 15.0. The molecule has 0 spiro atoms. The molecular formula is C18H27N7. The van der Waals surface area contributed by atoms with Crippen LogP contribution in [0.4, 0.5) is 17.6 Å². The number of H-pyrrole nitrogens is 1. The molecule has 0 radical (unpaired) electrons. The first-order valence-electron chi connectivity index (χ1n) is 9.16. The van der Waals surface area contributed by atoms with E-state index in [2.05, 4.69) is 55.9 Å². The molecule has 0 aliphatic heterocycles. The van der Waals surface area contributed by atoms with Gasteiger partial charge in [-0.25, -0.2) is 4.98 Å². The van der Waals surface area contributed by atoms with E-state index in [1.54, 1.807) is 6.20 Å². The van der Waals surface area contributed by atoms with Crippen LogP contribution in [0.1, 0.15) is 43.7 Å². The van der Waals surface area contributed by atoms with Gasteiger partial charge in [0, 0.05) is 42.4 Å². The molecule has 7 nitrogen and oxygen atoms in total. The van der Waals surface area contributed by atoms with Gasteiger partial charge < -0.3 is 15.5 Å². The lowest BCUT2D eigenvalue weighted by molar-refractivity contribution is 0.104. The summed E-state index contributed by atoms with van der Waals surface area (Å²) in [5.74, 6) is 2.92. The van der Waals surface area contributed by atoms with Crippen molar-refractivity contribution in [2.24, 2.45) is 5.41 Å². The first-order valence-corrected chi connectivity index (χ1v) is 9.16. The van der Waals surface area contributed by atoms with Crippen LogP contribution in [0.5, 0.6) is 0 Å². The maximum atomic E-state index is 4.58. The summed E-state index contributed by atoms with van der Waals surface area (Å²) in [7, 11) is 4.28. The van der Waals surface area contributed by atoms with Gasteiger partial charge in [-0.05, 0) is 45.8 Å². The predicted octanol–water partition coefficient (Wildman–Crippen LogP) is 2.96. The molecule has 2 heterocycles. The molecule has 0 bridgehead atoms. The summed E-state index contributed by atoms with van der Waals surface area (Å²) in [5.41, 5.74) is 1.57. The number of hydrogen-bond donors (Lipinski definition) is 3. The molecule has 2 aromatic heterocycles. The Morgan fingerprint density at radius 1 is 1.28 bits per heavy atom. The van der Waals surface area contributed by atoms with E-state index < -0.39 is 0 Å². The average molecular weight is 341 g/mol. The van der Waals surface area contributed by atoms with Gasteiger partial charge in [-0.3, -0.25) is 5.10 Å². The number of hydrogen-bond acceptors (Lipinski definition) is 6. The molecule has 0 atom stereocenters. The fourth-order valence-electron chi connectivity index (χ4n) is 3.65. The molecular weight excluding hydrogens is 314 g/mol. The molecule has 2 saturated carbocycles. The molecule has 2 fully saturated rings. The summed E-state index contributed by atoms with van der Waals surface area (Å²) >= 11 is 0. The molecule has 0 amide bonds.